The minimum absolute atomic E-state index is 0.183. The van der Waals surface area contributed by atoms with Crippen LogP contribution in [0.15, 0.2) is 0 Å². The van der Waals surface area contributed by atoms with E-state index in [-0.39, 0.29) is 5.91 Å². The molecule has 1 fully saturated rings. The number of likely N-dealkylation sites (tertiary alicyclic amines) is 1. The van der Waals surface area contributed by atoms with Crippen LogP contribution >= 0.6 is 12.6 Å². The van der Waals surface area contributed by atoms with Crippen LogP contribution in [0.1, 0.15) is 27.2 Å². The van der Waals surface area contributed by atoms with Gasteiger partial charge in [0.15, 0.2) is 0 Å². The summed E-state index contributed by atoms with van der Waals surface area (Å²) in [6.45, 7) is 9.04. The lowest BCUT2D eigenvalue weighted by atomic mass is 10.1. The molecule has 0 radical (unpaired) electrons. The topological polar surface area (TPSA) is 77.1 Å². The van der Waals surface area contributed by atoms with E-state index in [1.54, 1.807) is 0 Å². The molecular formula is C16H30N2O5S. The van der Waals surface area contributed by atoms with E-state index < -0.39 is 11.7 Å². The molecular weight excluding hydrogens is 332 g/mol. The minimum atomic E-state index is -0.498. The van der Waals surface area contributed by atoms with Gasteiger partial charge in [-0.1, -0.05) is 0 Å². The van der Waals surface area contributed by atoms with Crippen molar-refractivity contribution in [1.82, 2.24) is 10.2 Å². The van der Waals surface area contributed by atoms with Crippen LogP contribution < -0.4 is 5.32 Å². The molecule has 1 atom stereocenters. The largest absolute Gasteiger partial charge is 0.444 e. The molecule has 1 heterocycles. The van der Waals surface area contributed by atoms with E-state index in [1.807, 2.05) is 25.7 Å². The van der Waals surface area contributed by atoms with Crippen molar-refractivity contribution >= 4 is 24.6 Å². The summed E-state index contributed by atoms with van der Waals surface area (Å²) in [5.74, 6) is 1.29. The third-order valence-electron chi connectivity index (χ3n) is 3.34. The van der Waals surface area contributed by atoms with E-state index in [9.17, 15) is 9.59 Å². The molecule has 0 aromatic carbocycles. The van der Waals surface area contributed by atoms with Crippen LogP contribution in [0, 0.1) is 5.92 Å². The van der Waals surface area contributed by atoms with Gasteiger partial charge >= 0.3 is 6.09 Å². The van der Waals surface area contributed by atoms with Crippen LogP contribution in [0.5, 0.6) is 0 Å². The molecule has 0 bridgehead atoms. The Kier molecular flexibility index (Phi) is 9.46. The number of carbonyl (C=O) groups is 2. The molecule has 24 heavy (non-hydrogen) atoms. The second-order valence-corrected chi connectivity index (χ2v) is 7.11. The lowest BCUT2D eigenvalue weighted by molar-refractivity contribution is -0.128. The molecule has 1 aliphatic rings. The summed E-state index contributed by atoms with van der Waals surface area (Å²) < 4.78 is 15.9. The standard InChI is InChI=1S/C16H30N2O5S/c1-16(2,3)23-15(20)17-4-6-21-8-9-22-7-5-18-11-13(12-24)10-14(18)19/h13,24H,4-12H2,1-3H3,(H,17,20). The normalized spacial score (nSPS) is 18.1. The fourth-order valence-corrected chi connectivity index (χ4v) is 2.47. The van der Waals surface area contributed by atoms with Crippen molar-refractivity contribution in [3.05, 3.63) is 0 Å². The van der Waals surface area contributed by atoms with Crippen LogP contribution in [-0.2, 0) is 19.0 Å². The lowest BCUT2D eigenvalue weighted by Crippen LogP contribution is -2.34. The van der Waals surface area contributed by atoms with Gasteiger partial charge < -0.3 is 24.4 Å². The third-order valence-corrected chi connectivity index (χ3v) is 3.86. The Balaban J connectivity index is 1.91. The predicted octanol–water partition coefficient (Wildman–Crippen LogP) is 1.32. The molecule has 0 aliphatic carbocycles. The quantitative estimate of drug-likeness (QED) is 0.453. The first-order valence-corrected chi connectivity index (χ1v) is 8.96. The predicted molar refractivity (Wildman–Crippen MR) is 94.4 cm³/mol. The van der Waals surface area contributed by atoms with Crippen LogP contribution in [0.2, 0.25) is 0 Å². The minimum Gasteiger partial charge on any atom is -0.444 e. The first-order valence-electron chi connectivity index (χ1n) is 8.33. The summed E-state index contributed by atoms with van der Waals surface area (Å²) in [6.07, 6.45) is 0.147. The van der Waals surface area contributed by atoms with Gasteiger partial charge in [0.2, 0.25) is 5.91 Å². The van der Waals surface area contributed by atoms with Crippen LogP contribution in [0.4, 0.5) is 4.79 Å². The highest BCUT2D eigenvalue weighted by atomic mass is 32.1. The fraction of sp³-hybridized carbons (Fsp3) is 0.875. The molecule has 1 rings (SSSR count). The highest BCUT2D eigenvalue weighted by Crippen LogP contribution is 2.18. The average molecular weight is 362 g/mol. The van der Waals surface area contributed by atoms with Crippen molar-refractivity contribution in [2.24, 2.45) is 5.92 Å². The number of thiol groups is 1. The molecule has 0 saturated carbocycles. The lowest BCUT2D eigenvalue weighted by Gasteiger charge is -2.19. The molecule has 7 nitrogen and oxygen atoms in total. The monoisotopic (exact) mass is 362 g/mol. The zero-order chi connectivity index (χ0) is 18.0. The maximum atomic E-state index is 11.7. The Hall–Kier alpha value is -0.990. The van der Waals surface area contributed by atoms with Gasteiger partial charge in [-0.15, -0.1) is 0 Å². The highest BCUT2D eigenvalue weighted by molar-refractivity contribution is 7.80. The zero-order valence-electron chi connectivity index (χ0n) is 14.9. The van der Waals surface area contributed by atoms with Gasteiger partial charge in [-0.25, -0.2) is 4.79 Å². The van der Waals surface area contributed by atoms with E-state index in [2.05, 4.69) is 17.9 Å². The zero-order valence-corrected chi connectivity index (χ0v) is 15.8. The van der Waals surface area contributed by atoms with Crippen molar-refractivity contribution < 1.29 is 23.8 Å². The fourth-order valence-electron chi connectivity index (χ4n) is 2.23. The Morgan fingerprint density at radius 3 is 2.50 bits per heavy atom. The van der Waals surface area contributed by atoms with E-state index in [0.29, 0.717) is 51.9 Å². The second kappa shape index (κ2) is 10.8. The summed E-state index contributed by atoms with van der Waals surface area (Å²) in [5, 5.41) is 2.62. The highest BCUT2D eigenvalue weighted by Gasteiger charge is 2.27. The molecule has 1 saturated heterocycles. The summed E-state index contributed by atoms with van der Waals surface area (Å²) in [7, 11) is 0. The Morgan fingerprint density at radius 1 is 1.25 bits per heavy atom. The molecule has 1 unspecified atom stereocenters. The first-order chi connectivity index (χ1) is 11.3. The van der Waals surface area contributed by atoms with Crippen LogP contribution in [0.3, 0.4) is 0 Å². The van der Waals surface area contributed by atoms with Gasteiger partial charge in [0.1, 0.15) is 5.60 Å². The molecule has 0 aromatic rings. The Morgan fingerprint density at radius 2 is 1.92 bits per heavy atom. The number of hydrogen-bond donors (Lipinski definition) is 2. The molecule has 140 valence electrons. The number of nitrogens with zero attached hydrogens (tertiary/aromatic N) is 1. The second-order valence-electron chi connectivity index (χ2n) is 6.75. The molecule has 8 heteroatoms. The van der Waals surface area contributed by atoms with Crippen molar-refractivity contribution in [3.63, 3.8) is 0 Å². The Bertz CT molecular complexity index is 400. The van der Waals surface area contributed by atoms with Gasteiger partial charge in [0.25, 0.3) is 0 Å². The number of ether oxygens (including phenoxy) is 3. The molecule has 1 aliphatic heterocycles. The van der Waals surface area contributed by atoms with Gasteiger partial charge in [-0.2, -0.15) is 12.6 Å². The van der Waals surface area contributed by atoms with Crippen LogP contribution in [0.25, 0.3) is 0 Å². The summed E-state index contributed by atoms with van der Waals surface area (Å²) >= 11 is 4.23. The van der Waals surface area contributed by atoms with Gasteiger partial charge in [0.05, 0.1) is 26.4 Å². The van der Waals surface area contributed by atoms with E-state index >= 15 is 0 Å². The summed E-state index contributed by atoms with van der Waals surface area (Å²) in [6, 6.07) is 0. The van der Waals surface area contributed by atoms with E-state index in [4.69, 9.17) is 14.2 Å². The molecule has 0 spiro atoms. The van der Waals surface area contributed by atoms with Gasteiger partial charge in [-0.05, 0) is 32.4 Å². The summed E-state index contributed by atoms with van der Waals surface area (Å²) in [5.41, 5.74) is -0.498. The van der Waals surface area contributed by atoms with Crippen LogP contribution in [-0.4, -0.2) is 74.3 Å². The maximum absolute atomic E-state index is 11.7. The number of nitrogens with one attached hydrogen (secondary N) is 1. The van der Waals surface area contributed by atoms with Gasteiger partial charge in [0, 0.05) is 26.1 Å². The van der Waals surface area contributed by atoms with Crippen molar-refractivity contribution in [1.29, 1.82) is 0 Å². The molecule has 0 aromatic heterocycles. The van der Waals surface area contributed by atoms with Gasteiger partial charge in [-0.3, -0.25) is 4.79 Å². The maximum Gasteiger partial charge on any atom is 0.407 e. The number of carbonyl (C=O) groups excluding carboxylic acids is 2. The van der Waals surface area contributed by atoms with Crippen molar-refractivity contribution in [2.45, 2.75) is 32.8 Å². The Labute approximate surface area is 149 Å². The number of amides is 2. The summed E-state index contributed by atoms with van der Waals surface area (Å²) in [4.78, 5) is 24.9. The SMILES string of the molecule is CC(C)(C)OC(=O)NCCOCCOCCN1CC(CS)CC1=O. The van der Waals surface area contributed by atoms with Crippen molar-refractivity contribution in [3.8, 4) is 0 Å². The van der Waals surface area contributed by atoms with E-state index in [1.165, 1.54) is 0 Å². The number of rotatable bonds is 10. The molecule has 1 N–H and O–H groups in total. The number of alkyl carbamates (subject to hydrolysis) is 1. The number of hydrogen-bond acceptors (Lipinski definition) is 6. The van der Waals surface area contributed by atoms with Crippen molar-refractivity contribution in [2.75, 3.05) is 51.8 Å². The first kappa shape index (κ1) is 21.1. The van der Waals surface area contributed by atoms with E-state index in [0.717, 1.165) is 12.3 Å². The third kappa shape index (κ3) is 9.34. The molecule has 2 amide bonds. The smallest absolute Gasteiger partial charge is 0.407 e. The average Bonchev–Trinajstić information content (AvgIpc) is 2.84.